The highest BCUT2D eigenvalue weighted by atomic mass is 16.2. The van der Waals surface area contributed by atoms with Crippen LogP contribution < -0.4 is 5.73 Å². The molecule has 1 atom stereocenters. The third-order valence-corrected chi connectivity index (χ3v) is 4.56. The van der Waals surface area contributed by atoms with Gasteiger partial charge in [0.05, 0.1) is 5.54 Å². The molecule has 1 unspecified atom stereocenters. The Morgan fingerprint density at radius 1 is 1.38 bits per heavy atom. The Morgan fingerprint density at radius 2 is 2.06 bits per heavy atom. The van der Waals surface area contributed by atoms with E-state index >= 15 is 0 Å². The van der Waals surface area contributed by atoms with Gasteiger partial charge in [0, 0.05) is 19.0 Å². The summed E-state index contributed by atoms with van der Waals surface area (Å²) in [6.45, 7) is 5.02. The average Bonchev–Trinajstić information content (AvgIpc) is 2.39. The Balaban J connectivity index is 1.84. The minimum Gasteiger partial charge on any atom is -0.336 e. The van der Waals surface area contributed by atoms with Crippen LogP contribution in [-0.4, -0.2) is 28.9 Å². The SMILES string of the molecule is CC1(C)C(N)CCN1C(=O)CCC1CCC1. The van der Waals surface area contributed by atoms with Gasteiger partial charge in [-0.3, -0.25) is 4.79 Å². The lowest BCUT2D eigenvalue weighted by atomic mass is 9.82. The van der Waals surface area contributed by atoms with E-state index in [-0.39, 0.29) is 11.6 Å². The third kappa shape index (κ3) is 2.10. The number of carbonyl (C=O) groups is 1. The fourth-order valence-corrected chi connectivity index (χ4v) is 2.80. The molecule has 92 valence electrons. The summed E-state index contributed by atoms with van der Waals surface area (Å²) in [5, 5.41) is 0. The first-order chi connectivity index (χ1) is 7.51. The molecule has 1 amide bonds. The molecule has 1 heterocycles. The molecular formula is C13H24N2O. The van der Waals surface area contributed by atoms with Crippen LogP contribution in [0.15, 0.2) is 0 Å². The lowest BCUT2D eigenvalue weighted by molar-refractivity contribution is -0.135. The number of nitrogens with zero attached hydrogens (tertiary/aromatic N) is 1. The molecule has 3 nitrogen and oxygen atoms in total. The van der Waals surface area contributed by atoms with Gasteiger partial charge in [0.25, 0.3) is 0 Å². The normalized spacial score (nSPS) is 29.2. The van der Waals surface area contributed by atoms with Crippen LogP contribution in [0.3, 0.4) is 0 Å². The van der Waals surface area contributed by atoms with Gasteiger partial charge in [-0.2, -0.15) is 0 Å². The topological polar surface area (TPSA) is 46.3 Å². The van der Waals surface area contributed by atoms with Gasteiger partial charge in [0.2, 0.25) is 5.91 Å². The minimum absolute atomic E-state index is 0.139. The van der Waals surface area contributed by atoms with E-state index in [2.05, 4.69) is 13.8 Å². The number of hydrogen-bond acceptors (Lipinski definition) is 2. The maximum absolute atomic E-state index is 12.1. The monoisotopic (exact) mass is 224 g/mol. The van der Waals surface area contributed by atoms with Crippen molar-refractivity contribution in [3.8, 4) is 0 Å². The summed E-state index contributed by atoms with van der Waals surface area (Å²) in [5.41, 5.74) is 5.90. The molecule has 2 rings (SSSR count). The number of hydrogen-bond donors (Lipinski definition) is 1. The van der Waals surface area contributed by atoms with E-state index in [1.165, 1.54) is 19.3 Å². The zero-order chi connectivity index (χ0) is 11.8. The second kappa shape index (κ2) is 4.36. The summed E-state index contributed by atoms with van der Waals surface area (Å²) < 4.78 is 0. The van der Waals surface area contributed by atoms with Crippen molar-refractivity contribution in [1.29, 1.82) is 0 Å². The minimum atomic E-state index is -0.142. The van der Waals surface area contributed by atoms with Crippen LogP contribution in [0, 0.1) is 5.92 Å². The Labute approximate surface area is 98.4 Å². The van der Waals surface area contributed by atoms with E-state index in [9.17, 15) is 4.79 Å². The zero-order valence-corrected chi connectivity index (χ0v) is 10.5. The zero-order valence-electron chi connectivity index (χ0n) is 10.5. The molecule has 0 aromatic carbocycles. The van der Waals surface area contributed by atoms with Crippen LogP contribution in [0.5, 0.6) is 0 Å². The molecule has 1 saturated heterocycles. The predicted molar refractivity (Wildman–Crippen MR) is 65.0 cm³/mol. The van der Waals surface area contributed by atoms with Crippen molar-refractivity contribution in [3.63, 3.8) is 0 Å². The van der Waals surface area contributed by atoms with Crippen LogP contribution in [0.2, 0.25) is 0 Å². The summed E-state index contributed by atoms with van der Waals surface area (Å²) in [4.78, 5) is 14.1. The Morgan fingerprint density at radius 3 is 2.50 bits per heavy atom. The molecule has 0 bridgehead atoms. The van der Waals surface area contributed by atoms with Crippen molar-refractivity contribution >= 4 is 5.91 Å². The molecule has 3 heteroatoms. The molecule has 2 N–H and O–H groups in total. The van der Waals surface area contributed by atoms with Crippen LogP contribution >= 0.6 is 0 Å². The first kappa shape index (κ1) is 11.9. The lowest BCUT2D eigenvalue weighted by Gasteiger charge is -2.35. The first-order valence-corrected chi connectivity index (χ1v) is 6.58. The van der Waals surface area contributed by atoms with Crippen LogP contribution in [-0.2, 0) is 4.79 Å². The number of likely N-dealkylation sites (tertiary alicyclic amines) is 1. The van der Waals surface area contributed by atoms with Gasteiger partial charge >= 0.3 is 0 Å². The highest BCUT2D eigenvalue weighted by Gasteiger charge is 2.41. The van der Waals surface area contributed by atoms with Gasteiger partial charge in [-0.25, -0.2) is 0 Å². The van der Waals surface area contributed by atoms with Crippen LogP contribution in [0.1, 0.15) is 52.4 Å². The third-order valence-electron chi connectivity index (χ3n) is 4.56. The van der Waals surface area contributed by atoms with Gasteiger partial charge in [0.1, 0.15) is 0 Å². The van der Waals surface area contributed by atoms with Crippen molar-refractivity contribution in [2.45, 2.75) is 64.0 Å². The maximum Gasteiger partial charge on any atom is 0.223 e. The molecule has 0 radical (unpaired) electrons. The van der Waals surface area contributed by atoms with E-state index in [1.807, 2.05) is 4.90 Å². The van der Waals surface area contributed by atoms with Crippen molar-refractivity contribution < 1.29 is 4.79 Å². The molecule has 0 aromatic heterocycles. The van der Waals surface area contributed by atoms with E-state index in [4.69, 9.17) is 5.73 Å². The fraction of sp³-hybridized carbons (Fsp3) is 0.923. The van der Waals surface area contributed by atoms with Crippen LogP contribution in [0.4, 0.5) is 0 Å². The molecular weight excluding hydrogens is 200 g/mol. The lowest BCUT2D eigenvalue weighted by Crippen LogP contribution is -2.51. The second-order valence-corrected chi connectivity index (χ2v) is 5.93. The summed E-state index contributed by atoms with van der Waals surface area (Å²) in [7, 11) is 0. The summed E-state index contributed by atoms with van der Waals surface area (Å²) in [5.74, 6) is 1.13. The average molecular weight is 224 g/mol. The van der Waals surface area contributed by atoms with Gasteiger partial charge in [-0.15, -0.1) is 0 Å². The number of carbonyl (C=O) groups excluding carboxylic acids is 1. The first-order valence-electron chi connectivity index (χ1n) is 6.58. The molecule has 16 heavy (non-hydrogen) atoms. The largest absolute Gasteiger partial charge is 0.336 e. The maximum atomic E-state index is 12.1. The molecule has 0 aromatic rings. The quantitative estimate of drug-likeness (QED) is 0.796. The number of nitrogens with two attached hydrogens (primary N) is 1. The van der Waals surface area contributed by atoms with Gasteiger partial charge < -0.3 is 10.6 Å². The van der Waals surface area contributed by atoms with Crippen LogP contribution in [0.25, 0.3) is 0 Å². The molecule has 1 aliphatic heterocycles. The van der Waals surface area contributed by atoms with Crippen molar-refractivity contribution in [2.24, 2.45) is 11.7 Å². The second-order valence-electron chi connectivity index (χ2n) is 5.93. The molecule has 0 spiro atoms. The number of amides is 1. The Hall–Kier alpha value is -0.570. The summed E-state index contributed by atoms with van der Waals surface area (Å²) >= 11 is 0. The van der Waals surface area contributed by atoms with E-state index in [1.54, 1.807) is 0 Å². The standard InChI is InChI=1S/C13H24N2O/c1-13(2)11(14)8-9-15(13)12(16)7-6-10-4-3-5-10/h10-11H,3-9,14H2,1-2H3. The summed E-state index contributed by atoms with van der Waals surface area (Å²) in [6, 6.07) is 0.139. The van der Waals surface area contributed by atoms with E-state index in [0.29, 0.717) is 5.91 Å². The van der Waals surface area contributed by atoms with Gasteiger partial charge in [0.15, 0.2) is 0 Å². The van der Waals surface area contributed by atoms with Gasteiger partial charge in [-0.1, -0.05) is 19.3 Å². The molecule has 1 aliphatic carbocycles. The van der Waals surface area contributed by atoms with Crippen molar-refractivity contribution in [3.05, 3.63) is 0 Å². The Bertz CT molecular complexity index is 271. The highest BCUT2D eigenvalue weighted by Crippen LogP contribution is 2.32. The fourth-order valence-electron chi connectivity index (χ4n) is 2.80. The van der Waals surface area contributed by atoms with E-state index < -0.39 is 0 Å². The van der Waals surface area contributed by atoms with Crippen molar-refractivity contribution in [2.75, 3.05) is 6.54 Å². The molecule has 2 aliphatic rings. The number of rotatable bonds is 3. The van der Waals surface area contributed by atoms with Crippen molar-refractivity contribution in [1.82, 2.24) is 4.90 Å². The Kier molecular flexibility index (Phi) is 3.24. The molecule has 2 fully saturated rings. The predicted octanol–water partition coefficient (Wildman–Crippen LogP) is 1.90. The highest BCUT2D eigenvalue weighted by molar-refractivity contribution is 5.77. The smallest absolute Gasteiger partial charge is 0.223 e. The van der Waals surface area contributed by atoms with E-state index in [0.717, 1.165) is 31.7 Å². The molecule has 1 saturated carbocycles. The van der Waals surface area contributed by atoms with Gasteiger partial charge in [-0.05, 0) is 32.6 Å². The summed E-state index contributed by atoms with van der Waals surface area (Å²) in [6.07, 6.45) is 6.77.